The Morgan fingerprint density at radius 1 is 1.21 bits per heavy atom. The number of hydrogen-bond acceptors (Lipinski definition) is 6. The van der Waals surface area contributed by atoms with Crippen molar-refractivity contribution in [2.45, 2.75) is 13.2 Å². The van der Waals surface area contributed by atoms with Gasteiger partial charge in [-0.05, 0) is 23.3 Å². The number of non-ortho nitro benzene ring substituents is 1. The number of halogens is 1. The molecule has 0 atom stereocenters. The summed E-state index contributed by atoms with van der Waals surface area (Å²) in [6, 6.07) is 13.3. The molecule has 3 aromatic rings. The third-order valence-corrected chi connectivity index (χ3v) is 4.37. The van der Waals surface area contributed by atoms with Gasteiger partial charge in [-0.25, -0.2) is 0 Å². The molecular weight excluding hydrogens is 384 g/mol. The lowest BCUT2D eigenvalue weighted by molar-refractivity contribution is -0.384. The summed E-state index contributed by atoms with van der Waals surface area (Å²) in [5, 5.41) is 17.9. The van der Waals surface area contributed by atoms with Crippen molar-refractivity contribution in [3.05, 3.63) is 91.3 Å². The largest absolute Gasteiger partial charge is 0.380 e. The zero-order valence-electron chi connectivity index (χ0n) is 15.0. The Balaban J connectivity index is 1.79. The lowest BCUT2D eigenvalue weighted by atomic mass is 10.1. The van der Waals surface area contributed by atoms with Crippen LogP contribution in [0.4, 0.5) is 11.4 Å². The fourth-order valence-corrected chi connectivity index (χ4v) is 2.84. The van der Waals surface area contributed by atoms with Crippen LogP contribution >= 0.6 is 11.6 Å². The second kappa shape index (κ2) is 8.64. The van der Waals surface area contributed by atoms with Crippen LogP contribution in [0.15, 0.2) is 59.5 Å². The van der Waals surface area contributed by atoms with Crippen molar-refractivity contribution in [1.82, 2.24) is 9.78 Å². The number of aromatic nitrogens is 2. The van der Waals surface area contributed by atoms with Gasteiger partial charge in [-0.15, -0.1) is 0 Å². The topological polar surface area (TPSA) is 99.3 Å². The van der Waals surface area contributed by atoms with Gasteiger partial charge in [0, 0.05) is 25.8 Å². The maximum Gasteiger partial charge on any atom is 0.292 e. The maximum absolute atomic E-state index is 12.5. The van der Waals surface area contributed by atoms with Crippen LogP contribution in [-0.4, -0.2) is 21.8 Å². The van der Waals surface area contributed by atoms with E-state index < -0.39 is 10.5 Å². The first-order valence-electron chi connectivity index (χ1n) is 8.33. The maximum atomic E-state index is 12.5. The Labute approximate surface area is 165 Å². The first-order chi connectivity index (χ1) is 13.5. The average Bonchev–Trinajstić information content (AvgIpc) is 2.70. The van der Waals surface area contributed by atoms with Crippen LogP contribution in [0.25, 0.3) is 5.69 Å². The smallest absolute Gasteiger partial charge is 0.292 e. The first kappa shape index (κ1) is 19.5. The van der Waals surface area contributed by atoms with Crippen LogP contribution in [-0.2, 0) is 17.9 Å². The van der Waals surface area contributed by atoms with Gasteiger partial charge in [0.2, 0.25) is 0 Å². The van der Waals surface area contributed by atoms with E-state index in [2.05, 4.69) is 10.4 Å². The van der Waals surface area contributed by atoms with Gasteiger partial charge in [-0.3, -0.25) is 14.9 Å². The standard InChI is InChI=1S/C19H17ClN4O4/c1-28-12-14-4-2-3-13(9-14)10-21-17-11-22-23(19(25)18(17)20)15-5-7-16(8-6-15)24(26)27/h2-9,11,21H,10,12H2,1H3. The molecule has 0 saturated carbocycles. The molecular formula is C19H17ClN4O4. The summed E-state index contributed by atoms with van der Waals surface area (Å²) in [5.74, 6) is 0. The van der Waals surface area contributed by atoms with Crippen molar-refractivity contribution < 1.29 is 9.66 Å². The molecule has 2 aromatic carbocycles. The molecule has 0 fully saturated rings. The molecule has 0 saturated heterocycles. The summed E-state index contributed by atoms with van der Waals surface area (Å²) < 4.78 is 6.22. The molecule has 28 heavy (non-hydrogen) atoms. The van der Waals surface area contributed by atoms with Gasteiger partial charge >= 0.3 is 0 Å². The van der Waals surface area contributed by atoms with Crippen molar-refractivity contribution in [2.75, 3.05) is 12.4 Å². The van der Waals surface area contributed by atoms with Gasteiger partial charge in [0.05, 0.1) is 29.1 Å². The molecule has 9 heteroatoms. The zero-order valence-corrected chi connectivity index (χ0v) is 15.7. The fraction of sp³-hybridized carbons (Fsp3) is 0.158. The second-order valence-electron chi connectivity index (χ2n) is 5.97. The zero-order chi connectivity index (χ0) is 20.1. The van der Waals surface area contributed by atoms with Crippen LogP contribution in [0.1, 0.15) is 11.1 Å². The number of methoxy groups -OCH3 is 1. The van der Waals surface area contributed by atoms with Gasteiger partial charge in [0.15, 0.2) is 0 Å². The number of ether oxygens (including phenoxy) is 1. The lowest BCUT2D eigenvalue weighted by Crippen LogP contribution is -2.22. The molecule has 1 aromatic heterocycles. The molecule has 0 amide bonds. The van der Waals surface area contributed by atoms with Crippen molar-refractivity contribution in [2.24, 2.45) is 0 Å². The third-order valence-electron chi connectivity index (χ3n) is 4.01. The number of nitrogens with zero attached hydrogens (tertiary/aromatic N) is 3. The summed E-state index contributed by atoms with van der Waals surface area (Å²) in [7, 11) is 1.64. The van der Waals surface area contributed by atoms with Crippen molar-refractivity contribution >= 4 is 23.0 Å². The highest BCUT2D eigenvalue weighted by atomic mass is 35.5. The lowest BCUT2D eigenvalue weighted by Gasteiger charge is -2.11. The van der Waals surface area contributed by atoms with Crippen LogP contribution in [0.5, 0.6) is 0 Å². The monoisotopic (exact) mass is 400 g/mol. The number of hydrogen-bond donors (Lipinski definition) is 1. The van der Waals surface area contributed by atoms with E-state index in [0.29, 0.717) is 24.5 Å². The van der Waals surface area contributed by atoms with Crippen molar-refractivity contribution in [1.29, 1.82) is 0 Å². The van der Waals surface area contributed by atoms with Gasteiger partial charge < -0.3 is 10.1 Å². The Morgan fingerprint density at radius 3 is 2.61 bits per heavy atom. The molecule has 0 bridgehead atoms. The van der Waals surface area contributed by atoms with Crippen LogP contribution < -0.4 is 10.9 Å². The predicted molar refractivity (Wildman–Crippen MR) is 106 cm³/mol. The number of nitro groups is 1. The minimum absolute atomic E-state index is 0.0126. The van der Waals surface area contributed by atoms with Gasteiger partial charge in [0.25, 0.3) is 11.2 Å². The quantitative estimate of drug-likeness (QED) is 0.481. The van der Waals surface area contributed by atoms with E-state index >= 15 is 0 Å². The number of nitrogens with one attached hydrogen (secondary N) is 1. The fourth-order valence-electron chi connectivity index (χ4n) is 2.65. The van der Waals surface area contributed by atoms with Gasteiger partial charge in [-0.1, -0.05) is 35.9 Å². The van der Waals surface area contributed by atoms with Crippen molar-refractivity contribution in [3.8, 4) is 5.69 Å². The molecule has 0 aliphatic heterocycles. The highest BCUT2D eigenvalue weighted by Crippen LogP contribution is 2.19. The predicted octanol–water partition coefficient (Wildman–Crippen LogP) is 3.55. The van der Waals surface area contributed by atoms with E-state index in [9.17, 15) is 14.9 Å². The molecule has 8 nitrogen and oxygen atoms in total. The van der Waals surface area contributed by atoms with E-state index in [1.807, 2.05) is 24.3 Å². The molecule has 3 rings (SSSR count). The second-order valence-corrected chi connectivity index (χ2v) is 6.35. The molecule has 1 heterocycles. The molecule has 0 aliphatic carbocycles. The number of benzene rings is 2. The van der Waals surface area contributed by atoms with E-state index in [0.717, 1.165) is 15.8 Å². The van der Waals surface area contributed by atoms with Crippen molar-refractivity contribution in [3.63, 3.8) is 0 Å². The minimum Gasteiger partial charge on any atom is -0.380 e. The van der Waals surface area contributed by atoms with Crippen LogP contribution in [0, 0.1) is 10.1 Å². The minimum atomic E-state index is -0.520. The third kappa shape index (κ3) is 4.36. The molecule has 0 unspecified atom stereocenters. The van der Waals surface area contributed by atoms with Gasteiger partial charge in [-0.2, -0.15) is 9.78 Å². The summed E-state index contributed by atoms with van der Waals surface area (Å²) in [6.45, 7) is 0.974. The highest BCUT2D eigenvalue weighted by molar-refractivity contribution is 6.32. The summed E-state index contributed by atoms with van der Waals surface area (Å²) >= 11 is 6.21. The Bertz CT molecular complexity index is 1050. The number of rotatable bonds is 7. The molecule has 1 N–H and O–H groups in total. The van der Waals surface area contributed by atoms with E-state index in [-0.39, 0.29) is 10.7 Å². The summed E-state index contributed by atoms with van der Waals surface area (Å²) in [5.41, 5.74) is 2.24. The van der Waals surface area contributed by atoms with E-state index in [1.165, 1.54) is 30.5 Å². The first-order valence-corrected chi connectivity index (χ1v) is 8.70. The summed E-state index contributed by atoms with van der Waals surface area (Å²) in [4.78, 5) is 22.8. The number of nitro benzene ring substituents is 1. The Kier molecular flexibility index (Phi) is 6.03. The molecule has 0 radical (unpaired) electrons. The van der Waals surface area contributed by atoms with E-state index in [4.69, 9.17) is 16.3 Å². The number of anilines is 1. The summed E-state index contributed by atoms with van der Waals surface area (Å²) in [6.07, 6.45) is 1.45. The highest BCUT2D eigenvalue weighted by Gasteiger charge is 2.12. The normalized spacial score (nSPS) is 10.6. The SMILES string of the molecule is COCc1cccc(CNc2cnn(-c3ccc([N+](=O)[O-])cc3)c(=O)c2Cl)c1. The van der Waals surface area contributed by atoms with Crippen LogP contribution in [0.3, 0.4) is 0 Å². The Hall–Kier alpha value is -3.23. The molecule has 0 spiro atoms. The van der Waals surface area contributed by atoms with E-state index in [1.54, 1.807) is 7.11 Å². The average molecular weight is 401 g/mol. The Morgan fingerprint density at radius 2 is 1.93 bits per heavy atom. The van der Waals surface area contributed by atoms with Gasteiger partial charge in [0.1, 0.15) is 5.02 Å². The molecule has 144 valence electrons. The molecule has 0 aliphatic rings. The van der Waals surface area contributed by atoms with Crippen LogP contribution in [0.2, 0.25) is 5.02 Å².